The van der Waals surface area contributed by atoms with E-state index < -0.39 is 0 Å². The van der Waals surface area contributed by atoms with Crippen molar-refractivity contribution in [1.29, 1.82) is 0 Å². The van der Waals surface area contributed by atoms with Gasteiger partial charge in [-0.25, -0.2) is 4.57 Å². The van der Waals surface area contributed by atoms with E-state index in [1.807, 2.05) is 0 Å². The predicted octanol–water partition coefficient (Wildman–Crippen LogP) is 9.71. The lowest BCUT2D eigenvalue weighted by molar-refractivity contribution is -0.659. The largest absolute Gasteiger partial charge is 0.455 e. The second-order valence-corrected chi connectivity index (χ2v) is 12.9. The minimum absolute atomic E-state index is 0.0692. The van der Waals surface area contributed by atoms with Gasteiger partial charge in [-0.05, 0) is 76.8 Å². The highest BCUT2D eigenvalue weighted by atomic mass is 16.5. The van der Waals surface area contributed by atoms with Crippen LogP contribution in [0.3, 0.4) is 0 Å². The highest BCUT2D eigenvalue weighted by Crippen LogP contribution is 2.54. The summed E-state index contributed by atoms with van der Waals surface area (Å²) in [5.74, 6) is 2.71. The molecular weight excluding hydrogens is 462 g/mol. The Morgan fingerprint density at radius 3 is 2.34 bits per heavy atom. The van der Waals surface area contributed by atoms with Crippen LogP contribution >= 0.6 is 0 Å². The first-order valence-electron chi connectivity index (χ1n) is 14.4. The number of hydrogen-bond donors (Lipinski definition) is 0. The van der Waals surface area contributed by atoms with Gasteiger partial charge in [0.15, 0.2) is 6.20 Å². The zero-order valence-electron chi connectivity index (χ0n) is 23.7. The Morgan fingerprint density at radius 1 is 0.816 bits per heavy atom. The number of aromatic nitrogens is 1. The van der Waals surface area contributed by atoms with Crippen LogP contribution in [-0.4, -0.2) is 0 Å². The highest BCUT2D eigenvalue weighted by molar-refractivity contribution is 6.16. The number of nitrogens with zero attached hydrogens (tertiary/aromatic N) is 1. The number of pyridine rings is 1. The molecule has 0 amide bonds. The molecule has 2 heteroatoms. The Hall–Kier alpha value is -3.39. The minimum atomic E-state index is -0.0692. The smallest absolute Gasteiger partial charge is 0.228 e. The van der Waals surface area contributed by atoms with Crippen LogP contribution in [0.1, 0.15) is 81.0 Å². The Balaban J connectivity index is 1.57. The summed E-state index contributed by atoms with van der Waals surface area (Å²) in [5.41, 5.74) is 7.82. The first-order chi connectivity index (χ1) is 18.2. The molecule has 0 N–H and O–H groups in total. The summed E-state index contributed by atoms with van der Waals surface area (Å²) in [6.45, 7) is 11.4. The van der Waals surface area contributed by atoms with E-state index in [0.29, 0.717) is 5.92 Å². The van der Waals surface area contributed by atoms with Crippen molar-refractivity contribution in [3.05, 3.63) is 77.0 Å². The van der Waals surface area contributed by atoms with E-state index in [-0.39, 0.29) is 5.41 Å². The van der Waals surface area contributed by atoms with Gasteiger partial charge in [0, 0.05) is 17.0 Å². The minimum Gasteiger partial charge on any atom is -0.455 e. The topological polar surface area (TPSA) is 13.1 Å². The summed E-state index contributed by atoms with van der Waals surface area (Å²) in [6.07, 6.45) is 8.96. The van der Waals surface area contributed by atoms with Gasteiger partial charge in [0.1, 0.15) is 18.5 Å². The number of fused-ring (bicyclic) bond motifs is 5. The number of ether oxygens (including phenoxy) is 1. The zero-order valence-corrected chi connectivity index (χ0v) is 23.7. The maximum Gasteiger partial charge on any atom is 0.228 e. The van der Waals surface area contributed by atoms with Gasteiger partial charge in [-0.1, -0.05) is 82.0 Å². The fraction of sp³-hybridized carbons (Fsp3) is 0.361. The molecule has 0 unspecified atom stereocenters. The first kappa shape index (κ1) is 23.7. The van der Waals surface area contributed by atoms with Crippen LogP contribution in [0.15, 0.2) is 54.7 Å². The molecular formula is C36H38NO+. The summed E-state index contributed by atoms with van der Waals surface area (Å²) >= 11 is 0. The summed E-state index contributed by atoms with van der Waals surface area (Å²) < 4.78 is 9.36. The Bertz CT molecular complexity index is 1780. The van der Waals surface area contributed by atoms with Gasteiger partial charge >= 0.3 is 0 Å². The average Bonchev–Trinajstić information content (AvgIpc) is 2.89. The molecule has 0 saturated heterocycles. The lowest BCUT2D eigenvalue weighted by Gasteiger charge is -2.31. The van der Waals surface area contributed by atoms with Crippen LogP contribution in [0.2, 0.25) is 0 Å². The van der Waals surface area contributed by atoms with Crippen LogP contribution in [0.4, 0.5) is 0 Å². The van der Waals surface area contributed by atoms with Crippen LogP contribution in [0.25, 0.3) is 43.6 Å². The van der Waals surface area contributed by atoms with Crippen molar-refractivity contribution in [3.8, 4) is 22.8 Å². The SMILES string of the molecule is Cc1ccc2c(C(C)(C)C)c3c(c(C)c2c1)-c1c2c(cc4cc(C5CCCCC5)ccc4c2cc[n+]1C)O3. The standard InChI is InChI=1S/C36H38NO/c1-21-12-14-28-29(18-21)22(2)31-34-32-27(16-17-37(34)6)26-15-13-24(23-10-8-7-9-11-23)19-25(26)20-30(32)38-35(31)33(28)36(3,4)5/h12-20,23H,7-11H2,1-6H3/q+1. The van der Waals surface area contributed by atoms with Gasteiger partial charge in [0.25, 0.3) is 0 Å². The van der Waals surface area contributed by atoms with Crippen molar-refractivity contribution in [3.63, 3.8) is 0 Å². The van der Waals surface area contributed by atoms with Crippen LogP contribution < -0.4 is 9.30 Å². The highest BCUT2D eigenvalue weighted by Gasteiger charge is 2.36. The van der Waals surface area contributed by atoms with E-state index >= 15 is 0 Å². The molecule has 0 bridgehead atoms. The maximum absolute atomic E-state index is 7.06. The van der Waals surface area contributed by atoms with Crippen molar-refractivity contribution in [2.45, 2.75) is 78.1 Å². The van der Waals surface area contributed by atoms with Gasteiger partial charge in [0.2, 0.25) is 5.69 Å². The van der Waals surface area contributed by atoms with Gasteiger partial charge < -0.3 is 4.74 Å². The molecule has 1 aliphatic carbocycles. The second-order valence-electron chi connectivity index (χ2n) is 12.9. The van der Waals surface area contributed by atoms with E-state index in [1.165, 1.54) is 97.9 Å². The Labute approximate surface area is 226 Å². The third-order valence-electron chi connectivity index (χ3n) is 9.18. The monoisotopic (exact) mass is 500 g/mol. The first-order valence-corrected chi connectivity index (χ1v) is 14.4. The van der Waals surface area contributed by atoms with Crippen molar-refractivity contribution in [2.75, 3.05) is 0 Å². The Kier molecular flexibility index (Phi) is 5.18. The van der Waals surface area contributed by atoms with Gasteiger partial charge in [0.05, 0.1) is 10.9 Å². The van der Waals surface area contributed by atoms with Crippen LogP contribution in [0, 0.1) is 13.8 Å². The van der Waals surface area contributed by atoms with E-state index in [0.717, 1.165) is 11.5 Å². The molecule has 2 heterocycles. The van der Waals surface area contributed by atoms with Crippen molar-refractivity contribution in [2.24, 2.45) is 7.05 Å². The fourth-order valence-corrected chi connectivity index (χ4v) is 7.33. The lowest BCUT2D eigenvalue weighted by atomic mass is 9.78. The van der Waals surface area contributed by atoms with E-state index in [2.05, 4.69) is 101 Å². The van der Waals surface area contributed by atoms with Crippen molar-refractivity contribution >= 4 is 32.3 Å². The van der Waals surface area contributed by atoms with Crippen molar-refractivity contribution in [1.82, 2.24) is 0 Å². The molecule has 7 rings (SSSR count). The lowest BCUT2D eigenvalue weighted by Crippen LogP contribution is -2.32. The normalized spacial score (nSPS) is 15.7. The van der Waals surface area contributed by atoms with Crippen LogP contribution in [0.5, 0.6) is 11.5 Å². The molecule has 1 fully saturated rings. The number of benzene rings is 4. The van der Waals surface area contributed by atoms with E-state index in [9.17, 15) is 0 Å². The number of hydrogen-bond acceptors (Lipinski definition) is 1. The molecule has 38 heavy (non-hydrogen) atoms. The molecule has 2 nitrogen and oxygen atoms in total. The maximum atomic E-state index is 7.06. The molecule has 4 aromatic carbocycles. The predicted molar refractivity (Wildman–Crippen MR) is 160 cm³/mol. The molecule has 5 aromatic rings. The quantitative estimate of drug-likeness (QED) is 0.162. The number of aryl methyl sites for hydroxylation is 3. The third-order valence-corrected chi connectivity index (χ3v) is 9.18. The third kappa shape index (κ3) is 3.42. The summed E-state index contributed by atoms with van der Waals surface area (Å²) in [7, 11) is 2.18. The summed E-state index contributed by atoms with van der Waals surface area (Å²) in [6, 6.07) is 18.7. The molecule has 1 saturated carbocycles. The fourth-order valence-electron chi connectivity index (χ4n) is 7.33. The van der Waals surface area contributed by atoms with E-state index in [1.54, 1.807) is 0 Å². The Morgan fingerprint density at radius 2 is 1.58 bits per heavy atom. The van der Waals surface area contributed by atoms with E-state index in [4.69, 9.17) is 4.74 Å². The molecule has 192 valence electrons. The molecule has 1 aliphatic heterocycles. The zero-order chi connectivity index (χ0) is 26.3. The summed E-state index contributed by atoms with van der Waals surface area (Å²) in [5, 5.41) is 7.77. The van der Waals surface area contributed by atoms with Crippen LogP contribution in [-0.2, 0) is 12.5 Å². The molecule has 2 aliphatic rings. The molecule has 0 spiro atoms. The van der Waals surface area contributed by atoms with Gasteiger partial charge in [-0.15, -0.1) is 0 Å². The second kappa shape index (κ2) is 8.30. The van der Waals surface area contributed by atoms with Crippen molar-refractivity contribution < 1.29 is 9.30 Å². The number of rotatable bonds is 1. The average molecular weight is 501 g/mol. The molecule has 0 radical (unpaired) electrons. The summed E-state index contributed by atoms with van der Waals surface area (Å²) in [4.78, 5) is 0. The van der Waals surface area contributed by atoms with Gasteiger partial charge in [-0.2, -0.15) is 0 Å². The van der Waals surface area contributed by atoms with Gasteiger partial charge in [-0.3, -0.25) is 0 Å². The molecule has 0 atom stereocenters. The molecule has 1 aromatic heterocycles.